The molecule has 140 valence electrons. The van der Waals surface area contributed by atoms with Crippen LogP contribution < -0.4 is 4.90 Å². The van der Waals surface area contributed by atoms with E-state index in [2.05, 4.69) is 11.0 Å². The number of aromatic nitrogens is 1. The first-order chi connectivity index (χ1) is 12.5. The molecule has 2 aliphatic rings. The molecular weight excluding hydrogens is 356 g/mol. The number of carbonyl (C=O) groups excluding carboxylic acids is 1. The molecule has 4 nitrogen and oxygen atoms in total. The summed E-state index contributed by atoms with van der Waals surface area (Å²) in [6.07, 6.45) is 1.99. The molecule has 0 saturated carbocycles. The normalized spacial score (nSPS) is 21.3. The Kier molecular flexibility index (Phi) is 4.82. The maximum atomic E-state index is 13.2. The molecule has 2 fully saturated rings. The quantitative estimate of drug-likeness (QED) is 0.803. The maximum absolute atomic E-state index is 13.2. The Morgan fingerprint density at radius 1 is 1.15 bits per heavy atom. The molecule has 1 aromatic heterocycles. The van der Waals surface area contributed by atoms with Crippen molar-refractivity contribution in [2.24, 2.45) is 5.92 Å². The van der Waals surface area contributed by atoms with Crippen molar-refractivity contribution in [2.75, 3.05) is 31.1 Å². The lowest BCUT2D eigenvalue weighted by Gasteiger charge is -2.35. The Hall–Kier alpha value is -1.76. The Morgan fingerprint density at radius 2 is 1.85 bits per heavy atom. The van der Waals surface area contributed by atoms with Crippen molar-refractivity contribution in [1.82, 2.24) is 9.88 Å². The second-order valence-electron chi connectivity index (χ2n) is 7.34. The molecule has 7 heteroatoms. The zero-order valence-electron chi connectivity index (χ0n) is 14.7. The molecule has 0 N–H and O–H groups in total. The molecule has 0 aliphatic carbocycles. The number of carbonyl (C=O) groups is 1. The third-order valence-corrected chi connectivity index (χ3v) is 6.58. The van der Waals surface area contributed by atoms with Crippen molar-refractivity contribution < 1.29 is 13.6 Å². The minimum Gasteiger partial charge on any atom is -0.348 e. The first-order valence-corrected chi connectivity index (χ1v) is 10.1. The highest BCUT2D eigenvalue weighted by molar-refractivity contribution is 7.22. The van der Waals surface area contributed by atoms with E-state index in [-0.39, 0.29) is 31.8 Å². The van der Waals surface area contributed by atoms with Gasteiger partial charge in [0.25, 0.3) is 5.92 Å². The summed E-state index contributed by atoms with van der Waals surface area (Å²) < 4.78 is 27.7. The second-order valence-corrected chi connectivity index (χ2v) is 8.34. The number of likely N-dealkylation sites (tertiary alicyclic amines) is 1. The fraction of sp³-hybridized carbons (Fsp3) is 0.579. The van der Waals surface area contributed by atoms with Crippen molar-refractivity contribution in [2.45, 2.75) is 38.0 Å². The van der Waals surface area contributed by atoms with Crippen LogP contribution in [0.3, 0.4) is 0 Å². The Bertz CT molecular complexity index is 743. The lowest BCUT2D eigenvalue weighted by molar-refractivity contribution is -0.138. The number of hydrogen-bond acceptors (Lipinski definition) is 4. The Balaban J connectivity index is 1.29. The molecule has 3 heterocycles. The lowest BCUT2D eigenvalue weighted by atomic mass is 9.92. The van der Waals surface area contributed by atoms with Crippen LogP contribution in [0.4, 0.5) is 13.9 Å². The lowest BCUT2D eigenvalue weighted by Crippen LogP contribution is -2.44. The molecule has 0 unspecified atom stereocenters. The monoisotopic (exact) mass is 379 g/mol. The summed E-state index contributed by atoms with van der Waals surface area (Å²) in [5.41, 5.74) is 1.03. The highest BCUT2D eigenvalue weighted by Gasteiger charge is 2.36. The molecule has 1 amide bonds. The van der Waals surface area contributed by atoms with Crippen LogP contribution in [0.5, 0.6) is 0 Å². The summed E-state index contributed by atoms with van der Waals surface area (Å²) in [6, 6.07) is 8.14. The average molecular weight is 379 g/mol. The standard InChI is InChI=1S/C19H23F2N3OS/c20-19(21)7-11-23(12-8-19)17(25)13-14-5-9-24(10-6-14)18-22-15-3-1-2-4-16(15)26-18/h1-4,14H,5-13H2. The number of thiazole rings is 1. The molecular formula is C19H23F2N3OS. The summed E-state index contributed by atoms with van der Waals surface area (Å²) in [7, 11) is 0. The first-order valence-electron chi connectivity index (χ1n) is 9.26. The molecule has 0 spiro atoms. The molecule has 2 aliphatic heterocycles. The number of fused-ring (bicyclic) bond motifs is 1. The van der Waals surface area contributed by atoms with Gasteiger partial charge in [0.1, 0.15) is 0 Å². The predicted octanol–water partition coefficient (Wildman–Crippen LogP) is 4.16. The van der Waals surface area contributed by atoms with Gasteiger partial charge in [-0.2, -0.15) is 0 Å². The van der Waals surface area contributed by atoms with E-state index in [1.807, 2.05) is 18.2 Å². The number of para-hydroxylation sites is 1. The fourth-order valence-corrected chi connectivity index (χ4v) is 4.80. The summed E-state index contributed by atoms with van der Waals surface area (Å²) in [6.45, 7) is 2.18. The molecule has 2 saturated heterocycles. The third kappa shape index (κ3) is 3.82. The number of alkyl halides is 2. The first kappa shape index (κ1) is 17.6. The highest BCUT2D eigenvalue weighted by Crippen LogP contribution is 2.33. The van der Waals surface area contributed by atoms with E-state index in [1.165, 1.54) is 4.70 Å². The van der Waals surface area contributed by atoms with Gasteiger partial charge in [0.15, 0.2) is 5.13 Å². The number of hydrogen-bond donors (Lipinski definition) is 0. The Morgan fingerprint density at radius 3 is 2.54 bits per heavy atom. The fourth-order valence-electron chi connectivity index (χ4n) is 3.78. The zero-order chi connectivity index (χ0) is 18.1. The van der Waals surface area contributed by atoms with Gasteiger partial charge in [0, 0.05) is 45.4 Å². The average Bonchev–Trinajstić information content (AvgIpc) is 3.06. The zero-order valence-corrected chi connectivity index (χ0v) is 15.5. The van der Waals surface area contributed by atoms with Gasteiger partial charge in [-0.15, -0.1) is 0 Å². The molecule has 4 rings (SSSR count). The minimum absolute atomic E-state index is 0.0407. The largest absolute Gasteiger partial charge is 0.348 e. The number of benzene rings is 1. The van der Waals surface area contributed by atoms with Gasteiger partial charge in [0.2, 0.25) is 5.91 Å². The summed E-state index contributed by atoms with van der Waals surface area (Å²) in [5.74, 6) is -2.21. The molecule has 2 aromatic rings. The van der Waals surface area contributed by atoms with E-state index in [9.17, 15) is 13.6 Å². The number of halogens is 2. The SMILES string of the molecule is O=C(CC1CCN(c2nc3ccccc3s2)CC1)N1CCC(F)(F)CC1. The number of anilines is 1. The van der Waals surface area contributed by atoms with Crippen LogP contribution in [0.1, 0.15) is 32.1 Å². The van der Waals surface area contributed by atoms with E-state index in [1.54, 1.807) is 16.2 Å². The van der Waals surface area contributed by atoms with Crippen LogP contribution >= 0.6 is 11.3 Å². The molecule has 0 bridgehead atoms. The predicted molar refractivity (Wildman–Crippen MR) is 99.9 cm³/mol. The van der Waals surface area contributed by atoms with Crippen molar-refractivity contribution in [3.8, 4) is 0 Å². The van der Waals surface area contributed by atoms with Crippen LogP contribution in [0.2, 0.25) is 0 Å². The minimum atomic E-state index is -2.60. The summed E-state index contributed by atoms with van der Waals surface area (Å²) in [5, 5.41) is 1.05. The summed E-state index contributed by atoms with van der Waals surface area (Å²) >= 11 is 1.71. The maximum Gasteiger partial charge on any atom is 0.251 e. The topological polar surface area (TPSA) is 36.4 Å². The molecule has 0 radical (unpaired) electrons. The van der Waals surface area contributed by atoms with E-state index in [0.29, 0.717) is 12.3 Å². The molecule has 26 heavy (non-hydrogen) atoms. The number of amides is 1. The Labute approximate surface area is 155 Å². The van der Waals surface area contributed by atoms with Gasteiger partial charge in [0.05, 0.1) is 10.2 Å². The van der Waals surface area contributed by atoms with E-state index in [0.717, 1.165) is 36.6 Å². The van der Waals surface area contributed by atoms with Gasteiger partial charge in [-0.1, -0.05) is 23.5 Å². The number of rotatable bonds is 3. The van der Waals surface area contributed by atoms with Gasteiger partial charge >= 0.3 is 0 Å². The van der Waals surface area contributed by atoms with Gasteiger partial charge in [-0.25, -0.2) is 13.8 Å². The summed E-state index contributed by atoms with van der Waals surface area (Å²) in [4.78, 5) is 21.0. The van der Waals surface area contributed by atoms with Crippen LogP contribution in [-0.2, 0) is 4.79 Å². The van der Waals surface area contributed by atoms with Crippen molar-refractivity contribution in [3.63, 3.8) is 0 Å². The van der Waals surface area contributed by atoms with Crippen molar-refractivity contribution in [3.05, 3.63) is 24.3 Å². The smallest absolute Gasteiger partial charge is 0.251 e. The van der Waals surface area contributed by atoms with Gasteiger partial charge < -0.3 is 9.80 Å². The molecule has 0 atom stereocenters. The third-order valence-electron chi connectivity index (χ3n) is 5.48. The van der Waals surface area contributed by atoms with E-state index in [4.69, 9.17) is 4.98 Å². The van der Waals surface area contributed by atoms with Gasteiger partial charge in [-0.05, 0) is 30.9 Å². The van der Waals surface area contributed by atoms with Gasteiger partial charge in [-0.3, -0.25) is 4.79 Å². The van der Waals surface area contributed by atoms with Crippen molar-refractivity contribution >= 4 is 32.6 Å². The van der Waals surface area contributed by atoms with Crippen LogP contribution in [0, 0.1) is 5.92 Å². The number of piperidine rings is 2. The van der Waals surface area contributed by atoms with E-state index >= 15 is 0 Å². The molecule has 1 aromatic carbocycles. The van der Waals surface area contributed by atoms with E-state index < -0.39 is 5.92 Å². The van der Waals surface area contributed by atoms with Crippen LogP contribution in [-0.4, -0.2) is 47.9 Å². The van der Waals surface area contributed by atoms with Crippen LogP contribution in [0.25, 0.3) is 10.2 Å². The highest BCUT2D eigenvalue weighted by atomic mass is 32.1. The second kappa shape index (κ2) is 7.10. The van der Waals surface area contributed by atoms with Crippen LogP contribution in [0.15, 0.2) is 24.3 Å². The van der Waals surface area contributed by atoms with Crippen molar-refractivity contribution in [1.29, 1.82) is 0 Å². The number of nitrogens with zero attached hydrogens (tertiary/aromatic N) is 3.